The van der Waals surface area contributed by atoms with Gasteiger partial charge in [-0.1, -0.05) is 63.1 Å². The first-order valence-electron chi connectivity index (χ1n) is 12.1. The van der Waals surface area contributed by atoms with Crippen LogP contribution in [0.25, 0.3) is 0 Å². The molecule has 10 heteroatoms. The normalized spacial score (nSPS) is 14.1. The van der Waals surface area contributed by atoms with Gasteiger partial charge in [-0.25, -0.2) is 26.3 Å². The molecule has 36 heavy (non-hydrogen) atoms. The van der Waals surface area contributed by atoms with Crippen molar-refractivity contribution in [3.63, 3.8) is 0 Å². The minimum Gasteiger partial charge on any atom is -0.340 e. The summed E-state index contributed by atoms with van der Waals surface area (Å²) in [6.07, 6.45) is 0. The van der Waals surface area contributed by atoms with Crippen LogP contribution in [-0.2, 0) is 24.8 Å². The van der Waals surface area contributed by atoms with Crippen LogP contribution < -0.4 is 9.44 Å². The van der Waals surface area contributed by atoms with Crippen LogP contribution in [0.1, 0.15) is 45.7 Å². The first kappa shape index (κ1) is 30.0. The summed E-state index contributed by atoms with van der Waals surface area (Å²) < 4.78 is 57.5. The summed E-state index contributed by atoms with van der Waals surface area (Å²) in [6.45, 7) is 12.9. The summed E-state index contributed by atoms with van der Waals surface area (Å²) in [7, 11) is -7.61. The predicted octanol–water partition coefficient (Wildman–Crippen LogP) is 3.46. The molecule has 0 aromatic heterocycles. The van der Waals surface area contributed by atoms with Crippen molar-refractivity contribution in [2.24, 2.45) is 11.8 Å². The Morgan fingerprint density at radius 1 is 0.694 bits per heavy atom. The third-order valence-electron chi connectivity index (χ3n) is 6.16. The van der Waals surface area contributed by atoms with E-state index in [0.29, 0.717) is 0 Å². The largest absolute Gasteiger partial charge is 0.340 e. The van der Waals surface area contributed by atoms with E-state index in [2.05, 4.69) is 9.44 Å². The van der Waals surface area contributed by atoms with E-state index < -0.39 is 32.1 Å². The molecule has 0 heterocycles. The third kappa shape index (κ3) is 8.40. The molecule has 2 aromatic rings. The van der Waals surface area contributed by atoms with Gasteiger partial charge in [-0.3, -0.25) is 4.79 Å². The zero-order valence-electron chi connectivity index (χ0n) is 22.1. The minimum atomic E-state index is -3.81. The molecule has 8 nitrogen and oxygen atoms in total. The Bertz CT molecular complexity index is 1130. The van der Waals surface area contributed by atoms with Gasteiger partial charge in [-0.15, -0.1) is 0 Å². The van der Waals surface area contributed by atoms with E-state index >= 15 is 0 Å². The first-order chi connectivity index (χ1) is 16.6. The number of amides is 1. The van der Waals surface area contributed by atoms with E-state index in [1.807, 2.05) is 41.5 Å². The molecule has 2 atom stereocenters. The fourth-order valence-electron chi connectivity index (χ4n) is 3.54. The first-order valence-corrected chi connectivity index (χ1v) is 15.0. The van der Waals surface area contributed by atoms with Crippen molar-refractivity contribution in [3.05, 3.63) is 59.7 Å². The number of aryl methyl sites for hydroxylation is 2. The number of carbonyl (C=O) groups is 1. The van der Waals surface area contributed by atoms with Crippen LogP contribution in [0.15, 0.2) is 58.3 Å². The van der Waals surface area contributed by atoms with Gasteiger partial charge in [0.05, 0.1) is 9.79 Å². The van der Waals surface area contributed by atoms with Gasteiger partial charge in [-0.05, 0) is 49.9 Å². The second-order valence-corrected chi connectivity index (χ2v) is 13.4. The molecule has 0 saturated carbocycles. The molecule has 200 valence electrons. The van der Waals surface area contributed by atoms with Gasteiger partial charge in [0.1, 0.15) is 0 Å². The number of carbonyl (C=O) groups excluding carboxylic acids is 1. The van der Waals surface area contributed by atoms with Gasteiger partial charge in [0.2, 0.25) is 26.0 Å². The van der Waals surface area contributed by atoms with Gasteiger partial charge >= 0.3 is 0 Å². The van der Waals surface area contributed by atoms with Crippen molar-refractivity contribution in [2.45, 2.75) is 70.3 Å². The van der Waals surface area contributed by atoms with Crippen LogP contribution in [0.3, 0.4) is 0 Å². The predicted molar refractivity (Wildman–Crippen MR) is 143 cm³/mol. The zero-order valence-corrected chi connectivity index (χ0v) is 23.8. The van der Waals surface area contributed by atoms with Gasteiger partial charge in [0.25, 0.3) is 0 Å². The lowest BCUT2D eigenvalue weighted by Gasteiger charge is -2.33. The molecule has 0 bridgehead atoms. The molecule has 0 aliphatic rings. The Labute approximate surface area is 216 Å². The molecule has 2 rings (SSSR count). The lowest BCUT2D eigenvalue weighted by Crippen LogP contribution is -2.53. The minimum absolute atomic E-state index is 0.105. The van der Waals surface area contributed by atoms with Gasteiger partial charge in [0, 0.05) is 32.1 Å². The van der Waals surface area contributed by atoms with Crippen molar-refractivity contribution >= 4 is 26.0 Å². The van der Waals surface area contributed by atoms with E-state index in [9.17, 15) is 21.6 Å². The molecular weight excluding hydrogens is 498 g/mol. The molecule has 0 aliphatic heterocycles. The number of hydrogen-bond acceptors (Lipinski definition) is 5. The van der Waals surface area contributed by atoms with Gasteiger partial charge in [0.15, 0.2) is 0 Å². The molecular formula is C26H39N3O5S2. The lowest BCUT2D eigenvalue weighted by molar-refractivity contribution is -0.129. The molecule has 0 spiro atoms. The monoisotopic (exact) mass is 537 g/mol. The molecule has 0 saturated heterocycles. The summed E-state index contributed by atoms with van der Waals surface area (Å²) in [5.74, 6) is -0.502. The maximum Gasteiger partial charge on any atom is 0.240 e. The Morgan fingerprint density at radius 3 is 1.25 bits per heavy atom. The summed E-state index contributed by atoms with van der Waals surface area (Å²) in [5, 5.41) is 0. The Morgan fingerprint density at radius 2 is 1.00 bits per heavy atom. The fourth-order valence-corrected chi connectivity index (χ4v) is 6.30. The lowest BCUT2D eigenvalue weighted by atomic mass is 10.0. The maximum absolute atomic E-state index is 13.0. The highest BCUT2D eigenvalue weighted by atomic mass is 32.2. The second kappa shape index (κ2) is 12.3. The molecule has 0 aliphatic carbocycles. The van der Waals surface area contributed by atoms with Crippen LogP contribution >= 0.6 is 0 Å². The molecule has 0 radical (unpaired) electrons. The summed E-state index contributed by atoms with van der Waals surface area (Å²) >= 11 is 0. The van der Waals surface area contributed by atoms with E-state index in [4.69, 9.17) is 0 Å². The van der Waals surface area contributed by atoms with Crippen molar-refractivity contribution in [1.29, 1.82) is 0 Å². The third-order valence-corrected chi connectivity index (χ3v) is 9.18. The van der Waals surface area contributed by atoms with Crippen LogP contribution in [-0.4, -0.2) is 52.8 Å². The van der Waals surface area contributed by atoms with Crippen LogP contribution in [0.4, 0.5) is 0 Å². The highest BCUT2D eigenvalue weighted by molar-refractivity contribution is 7.89. The smallest absolute Gasteiger partial charge is 0.240 e. The average Bonchev–Trinajstić information content (AvgIpc) is 2.77. The molecule has 0 unspecified atom stereocenters. The van der Waals surface area contributed by atoms with Crippen molar-refractivity contribution < 1.29 is 21.6 Å². The number of benzene rings is 2. The number of nitrogens with one attached hydrogen (secondary N) is 2. The Balaban J connectivity index is 2.24. The summed E-state index contributed by atoms with van der Waals surface area (Å²) in [5.41, 5.74) is 1.90. The summed E-state index contributed by atoms with van der Waals surface area (Å²) in [6, 6.07) is 12.0. The Hall–Kier alpha value is -2.27. The van der Waals surface area contributed by atoms with E-state index in [1.54, 1.807) is 48.5 Å². The maximum atomic E-state index is 13.0. The number of rotatable bonds is 12. The standard InChI is InChI=1S/C26H39N3O5S2/c1-18(2)25(27-35(31,32)23-12-8-20(5)9-13-23)16-29(22(7)30)17-26(19(3)4)28-36(33,34)24-14-10-21(6)11-15-24/h8-15,18-19,25-28H,16-17H2,1-7H3/t25-,26-/m1/s1. The average molecular weight is 538 g/mol. The topological polar surface area (TPSA) is 113 Å². The van der Waals surface area contributed by atoms with Crippen molar-refractivity contribution in [2.75, 3.05) is 13.1 Å². The quantitative estimate of drug-likeness (QED) is 0.431. The number of hydrogen-bond donors (Lipinski definition) is 2. The number of nitrogens with zero attached hydrogens (tertiary/aromatic N) is 1. The molecule has 2 aromatic carbocycles. The molecule has 1 amide bonds. The Kier molecular flexibility index (Phi) is 10.2. The van der Waals surface area contributed by atoms with E-state index in [0.717, 1.165) is 11.1 Å². The van der Waals surface area contributed by atoms with Crippen LogP contribution in [0.2, 0.25) is 0 Å². The molecule has 2 N–H and O–H groups in total. The van der Waals surface area contributed by atoms with Crippen LogP contribution in [0, 0.1) is 25.7 Å². The highest BCUT2D eigenvalue weighted by Gasteiger charge is 2.29. The fraction of sp³-hybridized carbons (Fsp3) is 0.500. The van der Waals surface area contributed by atoms with E-state index in [1.165, 1.54) is 11.8 Å². The zero-order chi connectivity index (χ0) is 27.3. The SMILES string of the molecule is CC(=O)N(C[C@@H](NS(=O)(=O)c1ccc(C)cc1)C(C)C)C[C@@H](NS(=O)(=O)c1ccc(C)cc1)C(C)C. The van der Waals surface area contributed by atoms with Crippen LogP contribution in [0.5, 0.6) is 0 Å². The second-order valence-electron chi connectivity index (χ2n) is 9.99. The van der Waals surface area contributed by atoms with E-state index in [-0.39, 0.29) is 40.6 Å². The summed E-state index contributed by atoms with van der Waals surface area (Å²) in [4.78, 5) is 14.4. The van der Waals surface area contributed by atoms with Crippen molar-refractivity contribution in [3.8, 4) is 0 Å². The highest BCUT2D eigenvalue weighted by Crippen LogP contribution is 2.17. The number of sulfonamides is 2. The van der Waals surface area contributed by atoms with Gasteiger partial charge in [-0.2, -0.15) is 0 Å². The van der Waals surface area contributed by atoms with Gasteiger partial charge < -0.3 is 4.90 Å². The van der Waals surface area contributed by atoms with Crippen molar-refractivity contribution in [1.82, 2.24) is 14.3 Å². The molecule has 0 fully saturated rings.